The summed E-state index contributed by atoms with van der Waals surface area (Å²) in [5.41, 5.74) is 4.94. The highest BCUT2D eigenvalue weighted by atomic mass is 32.1. The molecule has 0 aliphatic rings. The molecule has 0 aromatic heterocycles. The first-order chi connectivity index (χ1) is 13.5. The lowest BCUT2D eigenvalue weighted by atomic mass is 10.1. The lowest BCUT2D eigenvalue weighted by Gasteiger charge is -2.27. The van der Waals surface area contributed by atoms with Crippen molar-refractivity contribution < 1.29 is 9.84 Å². The van der Waals surface area contributed by atoms with Gasteiger partial charge in [0.15, 0.2) is 5.11 Å². The molecule has 3 rings (SSSR count). The van der Waals surface area contributed by atoms with E-state index in [-0.39, 0.29) is 5.75 Å². The molecule has 0 bridgehead atoms. The molecule has 0 aliphatic carbocycles. The highest BCUT2D eigenvalue weighted by Gasteiger charge is 2.16. The molecule has 0 saturated heterocycles. The number of ether oxygens (including phenoxy) is 1. The van der Waals surface area contributed by atoms with Crippen LogP contribution in [0.4, 0.5) is 11.4 Å². The molecular formula is C23H24N2O2S. The Morgan fingerprint density at radius 1 is 1.00 bits per heavy atom. The van der Waals surface area contributed by atoms with Gasteiger partial charge in [0.2, 0.25) is 0 Å². The van der Waals surface area contributed by atoms with Crippen molar-refractivity contribution in [2.24, 2.45) is 0 Å². The Labute approximate surface area is 171 Å². The molecule has 0 heterocycles. The Morgan fingerprint density at radius 2 is 1.71 bits per heavy atom. The van der Waals surface area contributed by atoms with E-state index in [9.17, 15) is 5.11 Å². The summed E-state index contributed by atoms with van der Waals surface area (Å²) in [6.45, 7) is 4.54. The number of thiocarbonyl (C=S) groups is 1. The van der Waals surface area contributed by atoms with Gasteiger partial charge in [-0.25, -0.2) is 0 Å². The highest BCUT2D eigenvalue weighted by molar-refractivity contribution is 7.80. The molecule has 3 aromatic carbocycles. The molecule has 0 atom stereocenters. The number of phenols is 1. The number of methoxy groups -OCH3 is 1. The van der Waals surface area contributed by atoms with Gasteiger partial charge < -0.3 is 20.1 Å². The van der Waals surface area contributed by atoms with E-state index >= 15 is 0 Å². The number of nitrogens with one attached hydrogen (secondary N) is 1. The average Bonchev–Trinajstić information content (AvgIpc) is 2.66. The summed E-state index contributed by atoms with van der Waals surface area (Å²) in [6, 6.07) is 21.2. The van der Waals surface area contributed by atoms with Gasteiger partial charge in [0.05, 0.1) is 13.7 Å². The number of phenolic OH excluding ortho intramolecular Hbond substituents is 1. The molecule has 0 saturated carbocycles. The number of rotatable bonds is 5. The fraction of sp³-hybridized carbons (Fsp3) is 0.174. The van der Waals surface area contributed by atoms with Crippen LogP contribution in [0.25, 0.3) is 0 Å². The first-order valence-corrected chi connectivity index (χ1v) is 9.45. The van der Waals surface area contributed by atoms with Gasteiger partial charge in [0.25, 0.3) is 0 Å². The molecule has 3 aromatic rings. The van der Waals surface area contributed by atoms with Gasteiger partial charge in [-0.15, -0.1) is 0 Å². The molecule has 2 N–H and O–H groups in total. The lowest BCUT2D eigenvalue weighted by molar-refractivity contribution is 0.415. The number of anilines is 2. The molecule has 28 heavy (non-hydrogen) atoms. The van der Waals surface area contributed by atoms with E-state index in [4.69, 9.17) is 17.0 Å². The van der Waals surface area contributed by atoms with Crippen molar-refractivity contribution in [2.45, 2.75) is 20.4 Å². The summed E-state index contributed by atoms with van der Waals surface area (Å²) in [5, 5.41) is 14.1. The van der Waals surface area contributed by atoms with E-state index in [1.165, 1.54) is 11.1 Å². The van der Waals surface area contributed by atoms with Gasteiger partial charge in [0, 0.05) is 23.0 Å². The number of aryl methyl sites for hydroxylation is 2. The third-order valence-corrected chi connectivity index (χ3v) is 4.73. The van der Waals surface area contributed by atoms with Crippen LogP contribution in [0, 0.1) is 13.8 Å². The molecule has 0 aliphatic heterocycles. The maximum Gasteiger partial charge on any atom is 0.178 e. The van der Waals surface area contributed by atoms with Crippen LogP contribution in [0.3, 0.4) is 0 Å². The third-order valence-electron chi connectivity index (χ3n) is 4.40. The second-order valence-electron chi connectivity index (χ2n) is 6.72. The Balaban J connectivity index is 1.94. The first kappa shape index (κ1) is 19.7. The van der Waals surface area contributed by atoms with E-state index in [2.05, 4.69) is 37.4 Å². The normalized spacial score (nSPS) is 10.4. The lowest BCUT2D eigenvalue weighted by Crippen LogP contribution is -2.34. The summed E-state index contributed by atoms with van der Waals surface area (Å²) >= 11 is 5.74. The fourth-order valence-electron chi connectivity index (χ4n) is 3.11. The molecule has 0 fully saturated rings. The number of para-hydroxylation sites is 1. The van der Waals surface area contributed by atoms with Crippen molar-refractivity contribution >= 4 is 28.7 Å². The summed E-state index contributed by atoms with van der Waals surface area (Å²) in [7, 11) is 1.64. The van der Waals surface area contributed by atoms with E-state index in [0.717, 1.165) is 22.7 Å². The molecule has 0 spiro atoms. The smallest absolute Gasteiger partial charge is 0.178 e. The Bertz CT molecular complexity index is 968. The van der Waals surface area contributed by atoms with E-state index < -0.39 is 0 Å². The maximum atomic E-state index is 10.2. The first-order valence-electron chi connectivity index (χ1n) is 9.04. The molecule has 5 heteroatoms. The molecule has 0 unspecified atom stereocenters. The SMILES string of the molecule is COc1cccc(N(Cc2ccccc2O)C(=S)Nc2cc(C)cc(C)c2)c1. The van der Waals surface area contributed by atoms with Crippen LogP contribution in [0.2, 0.25) is 0 Å². The van der Waals surface area contributed by atoms with Crippen molar-refractivity contribution in [1.82, 2.24) is 0 Å². The standard InChI is InChI=1S/C23H24N2O2S/c1-16-11-17(2)13-19(12-16)24-23(28)25(15-18-7-4-5-10-22(18)26)20-8-6-9-21(14-20)27-3/h4-14,26H,15H2,1-3H3,(H,24,28). The van der Waals surface area contributed by atoms with Crippen LogP contribution in [-0.4, -0.2) is 17.3 Å². The number of aromatic hydroxyl groups is 1. The van der Waals surface area contributed by atoms with E-state index in [0.29, 0.717) is 11.7 Å². The van der Waals surface area contributed by atoms with Crippen LogP contribution < -0.4 is 15.0 Å². The van der Waals surface area contributed by atoms with Crippen molar-refractivity contribution in [3.8, 4) is 11.5 Å². The minimum atomic E-state index is 0.240. The van der Waals surface area contributed by atoms with E-state index in [1.54, 1.807) is 19.2 Å². The minimum Gasteiger partial charge on any atom is -0.508 e. The summed E-state index contributed by atoms with van der Waals surface area (Å²) < 4.78 is 5.37. The Hall–Kier alpha value is -3.05. The molecule has 0 amide bonds. The molecular weight excluding hydrogens is 368 g/mol. The van der Waals surface area contributed by atoms with Gasteiger partial charge in [-0.05, 0) is 67.5 Å². The zero-order chi connectivity index (χ0) is 20.1. The van der Waals surface area contributed by atoms with Crippen LogP contribution in [-0.2, 0) is 6.54 Å². The summed E-state index contributed by atoms with van der Waals surface area (Å²) in [4.78, 5) is 1.95. The second kappa shape index (κ2) is 8.76. The summed E-state index contributed by atoms with van der Waals surface area (Å²) in [6.07, 6.45) is 0. The predicted octanol–water partition coefficient (Wildman–Crippen LogP) is 5.42. The van der Waals surface area contributed by atoms with Crippen LogP contribution >= 0.6 is 12.2 Å². The summed E-state index contributed by atoms with van der Waals surface area (Å²) in [5.74, 6) is 0.985. The molecule has 144 valence electrons. The quantitative estimate of drug-likeness (QED) is 0.568. The van der Waals surface area contributed by atoms with Gasteiger partial charge in [0.1, 0.15) is 11.5 Å². The fourth-order valence-corrected chi connectivity index (χ4v) is 3.40. The maximum absolute atomic E-state index is 10.2. The third kappa shape index (κ3) is 4.81. The largest absolute Gasteiger partial charge is 0.508 e. The van der Waals surface area contributed by atoms with Crippen molar-refractivity contribution in [2.75, 3.05) is 17.3 Å². The Morgan fingerprint density at radius 3 is 2.39 bits per heavy atom. The monoisotopic (exact) mass is 392 g/mol. The number of hydrogen-bond acceptors (Lipinski definition) is 3. The molecule has 0 radical (unpaired) electrons. The minimum absolute atomic E-state index is 0.240. The van der Waals surface area contributed by atoms with Gasteiger partial charge in [-0.1, -0.05) is 30.3 Å². The number of benzene rings is 3. The zero-order valence-electron chi connectivity index (χ0n) is 16.3. The number of hydrogen-bond donors (Lipinski definition) is 2. The second-order valence-corrected chi connectivity index (χ2v) is 7.11. The van der Waals surface area contributed by atoms with Gasteiger partial charge >= 0.3 is 0 Å². The van der Waals surface area contributed by atoms with Crippen molar-refractivity contribution in [3.63, 3.8) is 0 Å². The zero-order valence-corrected chi connectivity index (χ0v) is 17.1. The van der Waals surface area contributed by atoms with Crippen molar-refractivity contribution in [3.05, 3.63) is 83.4 Å². The van der Waals surface area contributed by atoms with Crippen molar-refractivity contribution in [1.29, 1.82) is 0 Å². The predicted molar refractivity (Wildman–Crippen MR) is 119 cm³/mol. The van der Waals surface area contributed by atoms with E-state index in [1.807, 2.05) is 41.3 Å². The van der Waals surface area contributed by atoms with Gasteiger partial charge in [-0.2, -0.15) is 0 Å². The van der Waals surface area contributed by atoms with Crippen LogP contribution in [0.15, 0.2) is 66.7 Å². The number of nitrogens with zero attached hydrogens (tertiary/aromatic N) is 1. The van der Waals surface area contributed by atoms with Crippen LogP contribution in [0.5, 0.6) is 11.5 Å². The van der Waals surface area contributed by atoms with Crippen LogP contribution in [0.1, 0.15) is 16.7 Å². The Kier molecular flexibility index (Phi) is 6.16. The molecule has 4 nitrogen and oxygen atoms in total. The highest BCUT2D eigenvalue weighted by Crippen LogP contribution is 2.26. The average molecular weight is 393 g/mol. The van der Waals surface area contributed by atoms with Gasteiger partial charge in [-0.3, -0.25) is 0 Å². The topological polar surface area (TPSA) is 44.7 Å².